The molecule has 2 amide bonds. The van der Waals surface area contributed by atoms with E-state index in [2.05, 4.69) is 5.32 Å². The average Bonchev–Trinajstić information content (AvgIpc) is 2.96. The van der Waals surface area contributed by atoms with Gasteiger partial charge in [0.2, 0.25) is 5.91 Å². The number of hydrogen-bond acceptors (Lipinski definition) is 3. The largest absolute Gasteiger partial charge is 0.325 e. The van der Waals surface area contributed by atoms with E-state index in [1.807, 2.05) is 64.1 Å². The second-order valence-electron chi connectivity index (χ2n) is 9.22. The number of carbonyl (C=O) groups excluding carboxylic acids is 2. The number of hydrogen-bond donors (Lipinski definition) is 1. The molecule has 0 radical (unpaired) electrons. The van der Waals surface area contributed by atoms with E-state index in [-0.39, 0.29) is 24.3 Å². The topological polar surface area (TPSA) is 61.8 Å². The summed E-state index contributed by atoms with van der Waals surface area (Å²) in [7, 11) is 0. The summed E-state index contributed by atoms with van der Waals surface area (Å²) in [6.45, 7) is 7.87. The van der Waals surface area contributed by atoms with Crippen molar-refractivity contribution in [2.45, 2.75) is 40.2 Å². The number of rotatable bonds is 6. The predicted octanol–water partition coefficient (Wildman–Crippen LogP) is 6.85. The number of aryl methyl sites for hydroxylation is 2. The predicted molar refractivity (Wildman–Crippen MR) is 149 cm³/mol. The SMILES string of the molecule is CC[C@H](C)[C@@H]1N=C(c2ccccc2Cl)c2cc(Cl)ccc2N(CC(=O)Nc2ccc(C)c(C)c2)C1=O. The number of nitrogens with one attached hydrogen (secondary N) is 1. The van der Waals surface area contributed by atoms with Crippen molar-refractivity contribution in [3.8, 4) is 0 Å². The third-order valence-electron chi connectivity index (χ3n) is 6.70. The summed E-state index contributed by atoms with van der Waals surface area (Å²) < 4.78 is 0. The first kappa shape index (κ1) is 25.9. The van der Waals surface area contributed by atoms with Crippen LogP contribution in [0.3, 0.4) is 0 Å². The molecular formula is C29H29Cl2N3O2. The first-order valence-electron chi connectivity index (χ1n) is 12.0. The summed E-state index contributed by atoms with van der Waals surface area (Å²) in [5.41, 5.74) is 5.44. The van der Waals surface area contributed by atoms with Crippen molar-refractivity contribution in [1.82, 2.24) is 0 Å². The molecule has 3 aromatic carbocycles. The molecule has 0 fully saturated rings. The molecule has 5 nitrogen and oxygen atoms in total. The molecule has 4 rings (SSSR count). The summed E-state index contributed by atoms with van der Waals surface area (Å²) in [6.07, 6.45) is 0.746. The Balaban J connectivity index is 1.79. The highest BCUT2D eigenvalue weighted by Gasteiger charge is 2.36. The quantitative estimate of drug-likeness (QED) is 0.385. The van der Waals surface area contributed by atoms with E-state index in [9.17, 15) is 9.59 Å². The fourth-order valence-electron chi connectivity index (χ4n) is 4.26. The highest BCUT2D eigenvalue weighted by molar-refractivity contribution is 6.37. The van der Waals surface area contributed by atoms with Crippen LogP contribution in [0.2, 0.25) is 10.0 Å². The van der Waals surface area contributed by atoms with Crippen molar-refractivity contribution < 1.29 is 9.59 Å². The van der Waals surface area contributed by atoms with Gasteiger partial charge in [0.25, 0.3) is 5.91 Å². The molecule has 1 aliphatic heterocycles. The second kappa shape index (κ2) is 10.9. The lowest BCUT2D eigenvalue weighted by Gasteiger charge is -2.26. The van der Waals surface area contributed by atoms with E-state index >= 15 is 0 Å². The van der Waals surface area contributed by atoms with Crippen molar-refractivity contribution in [2.24, 2.45) is 10.9 Å². The molecule has 7 heteroatoms. The lowest BCUT2D eigenvalue weighted by molar-refractivity contribution is -0.123. The van der Waals surface area contributed by atoms with Crippen LogP contribution in [-0.2, 0) is 9.59 Å². The Bertz CT molecular complexity index is 1350. The van der Waals surface area contributed by atoms with Gasteiger partial charge < -0.3 is 10.2 Å². The van der Waals surface area contributed by atoms with Gasteiger partial charge in [0.05, 0.1) is 11.4 Å². The molecule has 3 aromatic rings. The Morgan fingerprint density at radius 3 is 2.47 bits per heavy atom. The van der Waals surface area contributed by atoms with Crippen molar-refractivity contribution in [2.75, 3.05) is 16.8 Å². The third kappa shape index (κ3) is 5.32. The minimum Gasteiger partial charge on any atom is -0.325 e. The smallest absolute Gasteiger partial charge is 0.252 e. The molecule has 1 N–H and O–H groups in total. The number of benzodiazepines with no additional fused rings is 1. The molecule has 0 aromatic heterocycles. The van der Waals surface area contributed by atoms with Gasteiger partial charge >= 0.3 is 0 Å². The molecule has 2 atom stereocenters. The maximum atomic E-state index is 13.9. The molecule has 0 unspecified atom stereocenters. The van der Waals surface area contributed by atoms with Crippen LogP contribution in [0, 0.1) is 19.8 Å². The average molecular weight is 522 g/mol. The van der Waals surface area contributed by atoms with Gasteiger partial charge in [0, 0.05) is 26.9 Å². The van der Waals surface area contributed by atoms with Crippen LogP contribution in [0.25, 0.3) is 0 Å². The van der Waals surface area contributed by atoms with E-state index in [1.165, 1.54) is 4.90 Å². The Kier molecular flexibility index (Phi) is 7.82. The maximum Gasteiger partial charge on any atom is 0.252 e. The molecule has 0 spiro atoms. The first-order valence-corrected chi connectivity index (χ1v) is 12.8. The number of nitrogens with zero attached hydrogens (tertiary/aromatic N) is 2. The standard InChI is InChI=1S/C29H29Cl2N3O2/c1-5-17(2)27-29(36)34(16-26(35)32-21-12-10-18(3)19(4)14-21)25-13-11-20(30)15-23(25)28(33-27)22-8-6-7-9-24(22)31/h6-15,17,27H,5,16H2,1-4H3,(H,32,35)/t17-,27-/m0/s1. The third-order valence-corrected chi connectivity index (χ3v) is 7.26. The van der Waals surface area contributed by atoms with Crippen LogP contribution in [0.1, 0.15) is 42.5 Å². The highest BCUT2D eigenvalue weighted by atomic mass is 35.5. The van der Waals surface area contributed by atoms with Crippen LogP contribution in [-0.4, -0.2) is 30.1 Å². The number of carbonyl (C=O) groups is 2. The fourth-order valence-corrected chi connectivity index (χ4v) is 4.66. The summed E-state index contributed by atoms with van der Waals surface area (Å²) >= 11 is 13.0. The van der Waals surface area contributed by atoms with Crippen molar-refractivity contribution in [1.29, 1.82) is 0 Å². The lowest BCUT2D eigenvalue weighted by Crippen LogP contribution is -2.44. The van der Waals surface area contributed by atoms with Gasteiger partial charge in [-0.2, -0.15) is 0 Å². The Hall–Kier alpha value is -3.15. The molecule has 0 aliphatic carbocycles. The van der Waals surface area contributed by atoms with E-state index < -0.39 is 6.04 Å². The maximum absolute atomic E-state index is 13.9. The summed E-state index contributed by atoms with van der Waals surface area (Å²) in [6, 6.07) is 17.7. The number of fused-ring (bicyclic) bond motifs is 1. The minimum absolute atomic E-state index is 0.0509. The molecular weight excluding hydrogens is 493 g/mol. The van der Waals surface area contributed by atoms with Gasteiger partial charge in [-0.1, -0.05) is 67.7 Å². The molecule has 36 heavy (non-hydrogen) atoms. The van der Waals surface area contributed by atoms with E-state index in [0.29, 0.717) is 38.3 Å². The Morgan fingerprint density at radius 1 is 1.03 bits per heavy atom. The Labute approximate surface area is 222 Å². The van der Waals surface area contributed by atoms with Gasteiger partial charge in [0.15, 0.2) is 0 Å². The zero-order valence-electron chi connectivity index (χ0n) is 20.8. The number of aliphatic imine (C=N–C) groups is 1. The minimum atomic E-state index is -0.679. The summed E-state index contributed by atoms with van der Waals surface area (Å²) in [5.74, 6) is -0.577. The zero-order valence-corrected chi connectivity index (χ0v) is 22.3. The normalized spacial score (nSPS) is 16.2. The Morgan fingerprint density at radius 2 is 1.78 bits per heavy atom. The number of benzene rings is 3. The monoisotopic (exact) mass is 521 g/mol. The van der Waals surface area contributed by atoms with E-state index in [0.717, 1.165) is 17.5 Å². The van der Waals surface area contributed by atoms with Crippen molar-refractivity contribution in [3.05, 3.63) is 93.0 Å². The zero-order chi connectivity index (χ0) is 26.0. The van der Waals surface area contributed by atoms with Crippen LogP contribution < -0.4 is 10.2 Å². The van der Waals surface area contributed by atoms with Gasteiger partial charge in [-0.3, -0.25) is 14.6 Å². The number of halogens is 2. The molecule has 186 valence electrons. The van der Waals surface area contributed by atoms with Crippen molar-refractivity contribution in [3.63, 3.8) is 0 Å². The molecule has 0 saturated heterocycles. The molecule has 0 bridgehead atoms. The first-order chi connectivity index (χ1) is 17.2. The van der Waals surface area contributed by atoms with Crippen LogP contribution in [0.15, 0.2) is 65.7 Å². The summed E-state index contributed by atoms with van der Waals surface area (Å²) in [4.78, 5) is 33.6. The highest BCUT2D eigenvalue weighted by Crippen LogP contribution is 2.34. The van der Waals surface area contributed by atoms with Crippen LogP contribution >= 0.6 is 23.2 Å². The van der Waals surface area contributed by atoms with Crippen LogP contribution in [0.5, 0.6) is 0 Å². The number of anilines is 2. The molecule has 1 heterocycles. The van der Waals surface area contributed by atoms with Crippen LogP contribution in [0.4, 0.5) is 11.4 Å². The fraction of sp³-hybridized carbons (Fsp3) is 0.276. The van der Waals surface area contributed by atoms with Gasteiger partial charge in [-0.05, 0) is 67.3 Å². The van der Waals surface area contributed by atoms with Crippen molar-refractivity contribution >= 4 is 52.1 Å². The molecule has 0 saturated carbocycles. The molecule has 1 aliphatic rings. The second-order valence-corrected chi connectivity index (χ2v) is 10.1. The number of amides is 2. The van der Waals surface area contributed by atoms with Gasteiger partial charge in [-0.25, -0.2) is 0 Å². The lowest BCUT2D eigenvalue weighted by atomic mass is 9.97. The summed E-state index contributed by atoms with van der Waals surface area (Å²) in [5, 5.41) is 3.96. The van der Waals surface area contributed by atoms with Gasteiger partial charge in [-0.15, -0.1) is 0 Å². The van der Waals surface area contributed by atoms with E-state index in [1.54, 1.807) is 24.3 Å². The van der Waals surface area contributed by atoms with Gasteiger partial charge in [0.1, 0.15) is 12.6 Å². The van der Waals surface area contributed by atoms with E-state index in [4.69, 9.17) is 28.2 Å².